The summed E-state index contributed by atoms with van der Waals surface area (Å²) >= 11 is 0. The summed E-state index contributed by atoms with van der Waals surface area (Å²) in [7, 11) is -1.42. The van der Waals surface area contributed by atoms with Crippen molar-refractivity contribution in [3.8, 4) is 0 Å². The maximum absolute atomic E-state index is 11.0. The molecule has 1 aromatic heterocycles. The lowest BCUT2D eigenvalue weighted by Gasteiger charge is -2.36. The summed E-state index contributed by atoms with van der Waals surface area (Å²) in [4.78, 5) is 8.76. The summed E-state index contributed by atoms with van der Waals surface area (Å²) in [5, 5.41) is 7.21. The topological polar surface area (TPSA) is 103 Å². The Morgan fingerprint density at radius 3 is 2.58 bits per heavy atom. The molecule has 1 aliphatic rings. The van der Waals surface area contributed by atoms with Gasteiger partial charge in [-0.25, -0.2) is 13.1 Å². The molecule has 0 aliphatic carbocycles. The fourth-order valence-corrected chi connectivity index (χ4v) is 3.06. The largest absolute Gasteiger partial charge is 0.361 e. The van der Waals surface area contributed by atoms with E-state index in [1.165, 1.54) is 0 Å². The van der Waals surface area contributed by atoms with Crippen LogP contribution in [0.5, 0.6) is 0 Å². The predicted molar refractivity (Wildman–Crippen MR) is 92.3 cm³/mol. The number of aromatic nitrogens is 1. The number of rotatable bonds is 6. The number of hydrogen-bond acceptors (Lipinski definition) is 6. The number of nitrogens with zero attached hydrogens (tertiary/aromatic N) is 4. The van der Waals surface area contributed by atoms with E-state index in [-0.39, 0.29) is 0 Å². The Balaban J connectivity index is 1.73. The summed E-state index contributed by atoms with van der Waals surface area (Å²) in [6, 6.07) is 1.96. The molecule has 0 unspecified atom stereocenters. The third-order valence-electron chi connectivity index (χ3n) is 3.72. The molecule has 0 spiro atoms. The van der Waals surface area contributed by atoms with Gasteiger partial charge in [0.2, 0.25) is 10.0 Å². The summed E-state index contributed by atoms with van der Waals surface area (Å²) in [5.74, 6) is 1.62. The van der Waals surface area contributed by atoms with Crippen molar-refractivity contribution in [1.82, 2.24) is 25.0 Å². The Labute approximate surface area is 143 Å². The van der Waals surface area contributed by atoms with Crippen LogP contribution in [0.15, 0.2) is 15.6 Å². The number of hydrogen-bond donors (Lipinski definition) is 2. The molecule has 2 rings (SSSR count). The van der Waals surface area contributed by atoms with E-state index in [9.17, 15) is 8.42 Å². The second-order valence-electron chi connectivity index (χ2n) is 5.83. The zero-order chi connectivity index (χ0) is 17.6. The monoisotopic (exact) mass is 358 g/mol. The molecule has 2 heterocycles. The number of sulfonamides is 1. The highest BCUT2D eigenvalue weighted by atomic mass is 32.2. The van der Waals surface area contributed by atoms with E-state index < -0.39 is 10.0 Å². The van der Waals surface area contributed by atoms with Crippen molar-refractivity contribution in [2.24, 2.45) is 4.99 Å². The van der Waals surface area contributed by atoms with Gasteiger partial charge in [0.25, 0.3) is 0 Å². The number of aryl methyl sites for hydroxylation is 1. The first kappa shape index (κ1) is 18.7. The van der Waals surface area contributed by atoms with Crippen LogP contribution < -0.4 is 10.0 Å². The van der Waals surface area contributed by atoms with Gasteiger partial charge in [0.05, 0.1) is 11.9 Å². The lowest BCUT2D eigenvalue weighted by molar-refractivity contribution is 0.169. The Morgan fingerprint density at radius 1 is 1.33 bits per heavy atom. The first-order valence-electron chi connectivity index (χ1n) is 7.92. The van der Waals surface area contributed by atoms with Gasteiger partial charge < -0.3 is 14.7 Å². The van der Waals surface area contributed by atoms with Crippen molar-refractivity contribution in [2.75, 3.05) is 52.6 Å². The quantitative estimate of drug-likeness (QED) is 0.391. The zero-order valence-electron chi connectivity index (χ0n) is 14.4. The summed E-state index contributed by atoms with van der Waals surface area (Å²) in [6.45, 7) is 7.05. The number of aliphatic imine (C=N–C) groups is 1. The van der Waals surface area contributed by atoms with Crippen LogP contribution in [0.1, 0.15) is 11.5 Å². The molecule has 0 amide bonds. The van der Waals surface area contributed by atoms with Gasteiger partial charge in [-0.05, 0) is 6.92 Å². The molecule has 9 nitrogen and oxygen atoms in total. The molecule has 1 aromatic rings. The molecule has 1 aliphatic heterocycles. The predicted octanol–water partition coefficient (Wildman–Crippen LogP) is -0.775. The summed E-state index contributed by atoms with van der Waals surface area (Å²) < 4.78 is 29.6. The number of piperazine rings is 1. The fourth-order valence-electron chi connectivity index (χ4n) is 2.58. The SMILES string of the molecule is CN=C(NCCNS(C)(=O)=O)N1CCN(Cc2cc(C)on2)CC1. The Bertz CT molecular complexity index is 649. The maximum atomic E-state index is 11.0. The fraction of sp³-hybridized carbons (Fsp3) is 0.714. The standard InChI is InChI=1S/C14H26N6O3S/c1-12-10-13(18-23-12)11-19-6-8-20(9-7-19)14(15-2)16-4-5-17-24(3,21)22/h10,17H,4-9,11H2,1-3H3,(H,15,16). The van der Waals surface area contributed by atoms with E-state index >= 15 is 0 Å². The van der Waals surface area contributed by atoms with Crippen LogP contribution in [0.4, 0.5) is 0 Å². The molecule has 1 fully saturated rings. The summed E-state index contributed by atoms with van der Waals surface area (Å²) in [5.41, 5.74) is 0.954. The third-order valence-corrected chi connectivity index (χ3v) is 4.45. The Kier molecular flexibility index (Phi) is 6.58. The third kappa shape index (κ3) is 6.10. The normalized spacial score (nSPS) is 17.3. The van der Waals surface area contributed by atoms with Crippen molar-refractivity contribution < 1.29 is 12.9 Å². The van der Waals surface area contributed by atoms with E-state index in [0.717, 1.165) is 56.4 Å². The number of nitrogens with one attached hydrogen (secondary N) is 2. The molecule has 0 aromatic carbocycles. The molecule has 1 saturated heterocycles. The van der Waals surface area contributed by atoms with Crippen molar-refractivity contribution in [3.05, 3.63) is 17.5 Å². The lowest BCUT2D eigenvalue weighted by atomic mass is 10.3. The summed E-state index contributed by atoms with van der Waals surface area (Å²) in [6.07, 6.45) is 1.15. The molecule has 2 N–H and O–H groups in total. The Hall–Kier alpha value is -1.65. The van der Waals surface area contributed by atoms with E-state index in [2.05, 4.69) is 30.0 Å². The van der Waals surface area contributed by atoms with Gasteiger partial charge in [-0.3, -0.25) is 9.89 Å². The molecule has 136 valence electrons. The average molecular weight is 358 g/mol. The van der Waals surface area contributed by atoms with Crippen molar-refractivity contribution in [3.63, 3.8) is 0 Å². The van der Waals surface area contributed by atoms with Gasteiger partial charge in [-0.2, -0.15) is 0 Å². The van der Waals surface area contributed by atoms with Gasteiger partial charge >= 0.3 is 0 Å². The van der Waals surface area contributed by atoms with Crippen LogP contribution >= 0.6 is 0 Å². The highest BCUT2D eigenvalue weighted by Crippen LogP contribution is 2.09. The number of guanidine groups is 1. The smallest absolute Gasteiger partial charge is 0.208 e. The zero-order valence-corrected chi connectivity index (χ0v) is 15.3. The molecule has 0 saturated carbocycles. The van der Waals surface area contributed by atoms with Gasteiger partial charge in [-0.15, -0.1) is 0 Å². The second-order valence-corrected chi connectivity index (χ2v) is 7.67. The van der Waals surface area contributed by atoms with Crippen molar-refractivity contribution >= 4 is 16.0 Å². The minimum absolute atomic E-state index is 0.337. The van der Waals surface area contributed by atoms with Gasteiger partial charge in [-0.1, -0.05) is 5.16 Å². The van der Waals surface area contributed by atoms with Crippen LogP contribution in [0, 0.1) is 6.92 Å². The van der Waals surface area contributed by atoms with E-state index in [4.69, 9.17) is 4.52 Å². The van der Waals surface area contributed by atoms with Crippen LogP contribution in [0.25, 0.3) is 0 Å². The molecule has 10 heteroatoms. The molecular formula is C14H26N6O3S. The van der Waals surface area contributed by atoms with E-state index in [1.807, 2.05) is 13.0 Å². The first-order valence-corrected chi connectivity index (χ1v) is 9.81. The van der Waals surface area contributed by atoms with Crippen LogP contribution in [0.2, 0.25) is 0 Å². The second kappa shape index (κ2) is 8.45. The first-order chi connectivity index (χ1) is 11.4. The van der Waals surface area contributed by atoms with Crippen molar-refractivity contribution in [1.29, 1.82) is 0 Å². The molecule has 0 bridgehead atoms. The molecular weight excluding hydrogens is 332 g/mol. The van der Waals surface area contributed by atoms with E-state index in [1.54, 1.807) is 7.05 Å². The molecule has 0 atom stereocenters. The van der Waals surface area contributed by atoms with Gasteiger partial charge in [0.15, 0.2) is 5.96 Å². The minimum atomic E-state index is -3.15. The highest BCUT2D eigenvalue weighted by Gasteiger charge is 2.20. The minimum Gasteiger partial charge on any atom is -0.361 e. The van der Waals surface area contributed by atoms with Gasteiger partial charge in [0.1, 0.15) is 5.76 Å². The van der Waals surface area contributed by atoms with Gasteiger partial charge in [0, 0.05) is 58.9 Å². The molecule has 0 radical (unpaired) electrons. The van der Waals surface area contributed by atoms with Crippen molar-refractivity contribution in [2.45, 2.75) is 13.5 Å². The van der Waals surface area contributed by atoms with Crippen LogP contribution in [-0.2, 0) is 16.6 Å². The average Bonchev–Trinajstić information content (AvgIpc) is 2.92. The highest BCUT2D eigenvalue weighted by molar-refractivity contribution is 7.88. The van der Waals surface area contributed by atoms with E-state index in [0.29, 0.717) is 13.1 Å². The Morgan fingerprint density at radius 2 is 2.04 bits per heavy atom. The maximum Gasteiger partial charge on any atom is 0.208 e. The van der Waals surface area contributed by atoms with Crippen LogP contribution in [0.3, 0.4) is 0 Å². The molecule has 24 heavy (non-hydrogen) atoms. The lowest BCUT2D eigenvalue weighted by Crippen LogP contribution is -2.52. The van der Waals surface area contributed by atoms with Crippen LogP contribution in [-0.4, -0.2) is 81.9 Å².